The summed E-state index contributed by atoms with van der Waals surface area (Å²) in [6.45, 7) is 1.79. The molecule has 2 aromatic rings. The number of pyridine rings is 1. The molecule has 2 atom stereocenters. The molecule has 0 saturated carbocycles. The average Bonchev–Trinajstić information content (AvgIpc) is 3.11. The number of halogens is 1. The number of hydrogen-bond acceptors (Lipinski definition) is 6. The lowest BCUT2D eigenvalue weighted by Crippen LogP contribution is -2.46. The fraction of sp³-hybridized carbons (Fsp3) is 0.375. The maximum atomic E-state index is 10.4. The molecule has 3 rings (SSSR count). The van der Waals surface area contributed by atoms with Crippen molar-refractivity contribution >= 4 is 28.8 Å². The number of hydrogen-bond donors (Lipinski definition) is 1. The summed E-state index contributed by atoms with van der Waals surface area (Å²) in [6.07, 6.45) is 0.0131. The number of aromatic nitrogens is 1. The van der Waals surface area contributed by atoms with Crippen LogP contribution in [0.3, 0.4) is 0 Å². The number of thiophene rings is 1. The largest absolute Gasteiger partial charge is 0.387 e. The van der Waals surface area contributed by atoms with Gasteiger partial charge >= 0.3 is 0 Å². The number of anilines is 1. The molecule has 0 aromatic carbocycles. The molecule has 2 aromatic heterocycles. The number of aliphatic hydroxyl groups is 1. The summed E-state index contributed by atoms with van der Waals surface area (Å²) in [5.74, 6) is 0.692. The highest BCUT2D eigenvalue weighted by atomic mass is 35.5. The molecule has 1 fully saturated rings. The van der Waals surface area contributed by atoms with Crippen LogP contribution in [-0.2, 0) is 4.74 Å². The van der Waals surface area contributed by atoms with Crippen molar-refractivity contribution in [3.8, 4) is 6.07 Å². The SMILES string of the molecule is N#Cc1nc(N2CCOCC2CC(O)c2cccs2)ccc1Cl. The Balaban J connectivity index is 1.80. The number of rotatable bonds is 4. The minimum Gasteiger partial charge on any atom is -0.387 e. The van der Waals surface area contributed by atoms with Crippen LogP contribution in [0, 0.1) is 11.3 Å². The van der Waals surface area contributed by atoms with E-state index in [-0.39, 0.29) is 11.7 Å². The van der Waals surface area contributed by atoms with Gasteiger partial charge < -0.3 is 14.7 Å². The van der Waals surface area contributed by atoms with E-state index in [2.05, 4.69) is 9.88 Å². The first-order chi connectivity index (χ1) is 11.2. The Labute approximate surface area is 143 Å². The van der Waals surface area contributed by atoms with Crippen LogP contribution in [0.5, 0.6) is 0 Å². The molecule has 0 aliphatic carbocycles. The average molecular weight is 350 g/mol. The van der Waals surface area contributed by atoms with Crippen LogP contribution in [0.25, 0.3) is 0 Å². The molecule has 1 saturated heterocycles. The molecule has 120 valence electrons. The molecular weight excluding hydrogens is 334 g/mol. The number of nitrogens with zero attached hydrogens (tertiary/aromatic N) is 3. The third-order valence-electron chi connectivity index (χ3n) is 3.83. The molecule has 0 amide bonds. The first kappa shape index (κ1) is 16.2. The van der Waals surface area contributed by atoms with Crippen LogP contribution in [0.1, 0.15) is 23.1 Å². The van der Waals surface area contributed by atoms with E-state index in [9.17, 15) is 5.11 Å². The van der Waals surface area contributed by atoms with Gasteiger partial charge in [-0.15, -0.1) is 11.3 Å². The van der Waals surface area contributed by atoms with Gasteiger partial charge in [-0.05, 0) is 23.6 Å². The van der Waals surface area contributed by atoms with Crippen molar-refractivity contribution in [3.05, 3.63) is 45.2 Å². The Morgan fingerprint density at radius 1 is 1.52 bits per heavy atom. The lowest BCUT2D eigenvalue weighted by molar-refractivity contribution is 0.0684. The summed E-state index contributed by atoms with van der Waals surface area (Å²) in [6, 6.07) is 9.35. The minimum atomic E-state index is -0.535. The second-order valence-corrected chi connectivity index (χ2v) is 6.69. The van der Waals surface area contributed by atoms with Crippen molar-refractivity contribution in [1.29, 1.82) is 5.26 Å². The Morgan fingerprint density at radius 3 is 3.13 bits per heavy atom. The summed E-state index contributed by atoms with van der Waals surface area (Å²) in [5.41, 5.74) is 0.216. The highest BCUT2D eigenvalue weighted by Crippen LogP contribution is 2.28. The number of aliphatic hydroxyl groups excluding tert-OH is 1. The monoisotopic (exact) mass is 349 g/mol. The van der Waals surface area contributed by atoms with Gasteiger partial charge in [0.1, 0.15) is 11.9 Å². The van der Waals surface area contributed by atoms with Gasteiger partial charge in [0.25, 0.3) is 0 Å². The molecule has 0 spiro atoms. The van der Waals surface area contributed by atoms with E-state index in [4.69, 9.17) is 21.6 Å². The molecule has 23 heavy (non-hydrogen) atoms. The molecule has 0 radical (unpaired) electrons. The minimum absolute atomic E-state index is 0.000989. The zero-order chi connectivity index (χ0) is 16.2. The predicted molar refractivity (Wildman–Crippen MR) is 89.8 cm³/mol. The van der Waals surface area contributed by atoms with Crippen molar-refractivity contribution in [2.75, 3.05) is 24.7 Å². The molecule has 5 nitrogen and oxygen atoms in total. The summed E-state index contributed by atoms with van der Waals surface area (Å²) in [4.78, 5) is 7.36. The van der Waals surface area contributed by atoms with Gasteiger partial charge in [0.05, 0.1) is 30.4 Å². The number of nitriles is 1. The molecule has 3 heterocycles. The molecule has 7 heteroatoms. The van der Waals surface area contributed by atoms with E-state index in [1.807, 2.05) is 23.6 Å². The normalized spacial score (nSPS) is 19.3. The van der Waals surface area contributed by atoms with Crippen LogP contribution in [-0.4, -0.2) is 35.9 Å². The fourth-order valence-corrected chi connectivity index (χ4v) is 3.55. The zero-order valence-electron chi connectivity index (χ0n) is 12.4. The van der Waals surface area contributed by atoms with E-state index in [0.29, 0.717) is 37.0 Å². The number of ether oxygens (including phenoxy) is 1. The van der Waals surface area contributed by atoms with Gasteiger partial charge in [-0.2, -0.15) is 5.26 Å². The van der Waals surface area contributed by atoms with Crippen LogP contribution >= 0.6 is 22.9 Å². The Kier molecular flexibility index (Phi) is 5.13. The van der Waals surface area contributed by atoms with Crippen molar-refractivity contribution in [3.63, 3.8) is 0 Å². The maximum Gasteiger partial charge on any atom is 0.161 e. The Morgan fingerprint density at radius 2 is 2.39 bits per heavy atom. The van der Waals surface area contributed by atoms with Crippen molar-refractivity contribution in [2.45, 2.75) is 18.6 Å². The summed E-state index contributed by atoms with van der Waals surface area (Å²) in [7, 11) is 0. The molecule has 1 aliphatic rings. The fourth-order valence-electron chi connectivity index (χ4n) is 2.68. The van der Waals surface area contributed by atoms with E-state index in [0.717, 1.165) is 4.88 Å². The summed E-state index contributed by atoms with van der Waals surface area (Å²) < 4.78 is 5.56. The number of morpholine rings is 1. The summed E-state index contributed by atoms with van der Waals surface area (Å²) in [5, 5.41) is 21.8. The van der Waals surface area contributed by atoms with E-state index in [1.54, 1.807) is 12.1 Å². The Hall–Kier alpha value is -1.65. The molecule has 2 unspecified atom stereocenters. The maximum absolute atomic E-state index is 10.4. The quantitative estimate of drug-likeness (QED) is 0.918. The lowest BCUT2D eigenvalue weighted by atomic mass is 10.1. The first-order valence-corrected chi connectivity index (χ1v) is 8.57. The smallest absolute Gasteiger partial charge is 0.161 e. The Bertz CT molecular complexity index is 702. The van der Waals surface area contributed by atoms with Crippen molar-refractivity contribution in [2.24, 2.45) is 0 Å². The topological polar surface area (TPSA) is 69.4 Å². The molecule has 1 N–H and O–H groups in total. The third kappa shape index (κ3) is 3.65. The van der Waals surface area contributed by atoms with Crippen molar-refractivity contribution < 1.29 is 9.84 Å². The van der Waals surface area contributed by atoms with Gasteiger partial charge in [0.2, 0.25) is 0 Å². The van der Waals surface area contributed by atoms with Crippen LogP contribution in [0.15, 0.2) is 29.6 Å². The van der Waals surface area contributed by atoms with Gasteiger partial charge in [-0.25, -0.2) is 4.98 Å². The van der Waals surface area contributed by atoms with Crippen LogP contribution in [0.4, 0.5) is 5.82 Å². The second kappa shape index (κ2) is 7.28. The van der Waals surface area contributed by atoms with Gasteiger partial charge in [-0.1, -0.05) is 17.7 Å². The van der Waals surface area contributed by atoms with Crippen LogP contribution < -0.4 is 4.90 Å². The highest BCUT2D eigenvalue weighted by Gasteiger charge is 2.27. The molecule has 0 bridgehead atoms. The van der Waals surface area contributed by atoms with E-state index in [1.165, 1.54) is 11.3 Å². The standard InChI is InChI=1S/C16H16ClN3O2S/c17-12-3-4-16(19-13(12)9-18)20-5-6-22-10-11(20)8-14(21)15-2-1-7-23-15/h1-4,7,11,14,21H,5-6,8,10H2. The van der Waals surface area contributed by atoms with Gasteiger partial charge in [-0.3, -0.25) is 0 Å². The highest BCUT2D eigenvalue weighted by molar-refractivity contribution is 7.10. The van der Waals surface area contributed by atoms with E-state index >= 15 is 0 Å². The first-order valence-electron chi connectivity index (χ1n) is 7.31. The predicted octanol–water partition coefficient (Wildman–Crippen LogP) is 3.00. The lowest BCUT2D eigenvalue weighted by Gasteiger charge is -2.37. The second-order valence-electron chi connectivity index (χ2n) is 5.30. The van der Waals surface area contributed by atoms with E-state index < -0.39 is 6.10 Å². The molecule has 1 aliphatic heterocycles. The summed E-state index contributed by atoms with van der Waals surface area (Å²) >= 11 is 7.50. The molecular formula is C16H16ClN3O2S. The van der Waals surface area contributed by atoms with Crippen LogP contribution in [0.2, 0.25) is 5.02 Å². The third-order valence-corrected chi connectivity index (χ3v) is 5.10. The van der Waals surface area contributed by atoms with Gasteiger partial charge in [0, 0.05) is 17.8 Å². The van der Waals surface area contributed by atoms with Crippen molar-refractivity contribution in [1.82, 2.24) is 4.98 Å². The zero-order valence-corrected chi connectivity index (χ0v) is 13.9. The van der Waals surface area contributed by atoms with Gasteiger partial charge in [0.15, 0.2) is 5.69 Å².